The van der Waals surface area contributed by atoms with E-state index in [1.165, 1.54) is 0 Å². The predicted octanol–water partition coefficient (Wildman–Crippen LogP) is 3.71. The molecule has 0 unspecified atom stereocenters. The van der Waals surface area contributed by atoms with E-state index < -0.39 is 5.60 Å². The molecule has 1 rings (SSSR count). The number of carbonyl (C=O) groups excluding carboxylic acids is 2. The third-order valence-electron chi connectivity index (χ3n) is 2.37. The molecule has 1 N–H and O–H groups in total. The Hall–Kier alpha value is -1.55. The summed E-state index contributed by atoms with van der Waals surface area (Å²) in [5, 5.41) is 3.16. The molecule has 0 atom stereocenters. The third-order valence-corrected chi connectivity index (χ3v) is 2.70. The molecule has 20 heavy (non-hydrogen) atoms. The topological polar surface area (TPSA) is 55.4 Å². The number of halogens is 1. The monoisotopic (exact) mass is 297 g/mol. The van der Waals surface area contributed by atoms with Crippen molar-refractivity contribution in [1.82, 2.24) is 0 Å². The first-order chi connectivity index (χ1) is 9.17. The van der Waals surface area contributed by atoms with Gasteiger partial charge < -0.3 is 10.1 Å². The van der Waals surface area contributed by atoms with Crippen LogP contribution in [0.15, 0.2) is 18.2 Å². The van der Waals surface area contributed by atoms with Crippen LogP contribution in [0, 0.1) is 6.92 Å². The highest BCUT2D eigenvalue weighted by Gasteiger charge is 2.17. The Kier molecular flexibility index (Phi) is 5.57. The van der Waals surface area contributed by atoms with Crippen LogP contribution >= 0.6 is 11.6 Å². The van der Waals surface area contributed by atoms with Gasteiger partial charge in [-0.2, -0.15) is 0 Å². The quantitative estimate of drug-likeness (QED) is 0.862. The minimum Gasteiger partial charge on any atom is -0.460 e. The molecule has 1 aromatic carbocycles. The summed E-state index contributed by atoms with van der Waals surface area (Å²) in [5.41, 5.74) is 1.02. The first-order valence-electron chi connectivity index (χ1n) is 6.45. The lowest BCUT2D eigenvalue weighted by molar-refractivity contribution is -0.155. The van der Waals surface area contributed by atoms with E-state index in [0.717, 1.165) is 5.56 Å². The maximum absolute atomic E-state index is 11.8. The van der Waals surface area contributed by atoms with Gasteiger partial charge in [0.2, 0.25) is 5.91 Å². The number of hydrogen-bond acceptors (Lipinski definition) is 3. The van der Waals surface area contributed by atoms with E-state index >= 15 is 0 Å². The molecule has 0 radical (unpaired) electrons. The molecule has 5 heteroatoms. The van der Waals surface area contributed by atoms with Crippen molar-refractivity contribution < 1.29 is 14.3 Å². The molecule has 0 saturated carbocycles. The van der Waals surface area contributed by atoms with Gasteiger partial charge in [-0.3, -0.25) is 9.59 Å². The number of anilines is 1. The molecule has 0 spiro atoms. The average molecular weight is 298 g/mol. The normalized spacial score (nSPS) is 11.1. The van der Waals surface area contributed by atoms with Crippen molar-refractivity contribution in [1.29, 1.82) is 0 Å². The van der Waals surface area contributed by atoms with Crippen molar-refractivity contribution in [3.63, 3.8) is 0 Å². The lowest BCUT2D eigenvalue weighted by Crippen LogP contribution is -2.24. The number of benzene rings is 1. The van der Waals surface area contributed by atoms with E-state index in [9.17, 15) is 9.59 Å². The van der Waals surface area contributed by atoms with Gasteiger partial charge in [-0.1, -0.05) is 17.7 Å². The van der Waals surface area contributed by atoms with Crippen LogP contribution in [0.25, 0.3) is 0 Å². The van der Waals surface area contributed by atoms with Crippen molar-refractivity contribution in [2.24, 2.45) is 0 Å². The molecule has 1 amide bonds. The van der Waals surface area contributed by atoms with Crippen LogP contribution in [0.3, 0.4) is 0 Å². The lowest BCUT2D eigenvalue weighted by atomic mass is 10.2. The molecule has 110 valence electrons. The van der Waals surface area contributed by atoms with Crippen molar-refractivity contribution >= 4 is 29.2 Å². The standard InChI is InChI=1S/C15H20ClNO3/c1-10-5-6-11(16)12(9-10)17-13(18)7-8-14(19)20-15(2,3)4/h5-6,9H,7-8H2,1-4H3,(H,17,18). The number of carbonyl (C=O) groups is 2. The summed E-state index contributed by atoms with van der Waals surface area (Å²) in [7, 11) is 0. The zero-order valence-electron chi connectivity index (χ0n) is 12.2. The van der Waals surface area contributed by atoms with Gasteiger partial charge in [-0.05, 0) is 45.4 Å². The van der Waals surface area contributed by atoms with Crippen LogP contribution in [0.2, 0.25) is 5.02 Å². The van der Waals surface area contributed by atoms with E-state index in [4.69, 9.17) is 16.3 Å². The first kappa shape index (κ1) is 16.5. The molecular weight excluding hydrogens is 278 g/mol. The Labute approximate surface area is 124 Å². The van der Waals surface area contributed by atoms with E-state index in [1.54, 1.807) is 32.9 Å². The second-order valence-electron chi connectivity index (χ2n) is 5.62. The number of amides is 1. The predicted molar refractivity (Wildman–Crippen MR) is 79.9 cm³/mol. The van der Waals surface area contributed by atoms with Gasteiger partial charge in [0.15, 0.2) is 0 Å². The largest absolute Gasteiger partial charge is 0.460 e. The molecule has 4 nitrogen and oxygen atoms in total. The molecule has 0 bridgehead atoms. The summed E-state index contributed by atoms with van der Waals surface area (Å²) in [4.78, 5) is 23.3. The van der Waals surface area contributed by atoms with Gasteiger partial charge in [0.1, 0.15) is 5.60 Å². The smallest absolute Gasteiger partial charge is 0.306 e. The minimum atomic E-state index is -0.534. The molecule has 0 aliphatic heterocycles. The second kappa shape index (κ2) is 6.75. The summed E-state index contributed by atoms with van der Waals surface area (Å²) in [5.74, 6) is -0.647. The first-order valence-corrected chi connectivity index (χ1v) is 6.83. The zero-order chi connectivity index (χ0) is 15.3. The van der Waals surface area contributed by atoms with Crippen LogP contribution in [0.1, 0.15) is 39.2 Å². The van der Waals surface area contributed by atoms with Gasteiger partial charge in [0, 0.05) is 6.42 Å². The number of hydrogen-bond donors (Lipinski definition) is 1. The minimum absolute atomic E-state index is 0.0482. The Morgan fingerprint density at radius 3 is 2.50 bits per heavy atom. The lowest BCUT2D eigenvalue weighted by Gasteiger charge is -2.19. The van der Waals surface area contributed by atoms with Crippen LogP contribution in [-0.2, 0) is 14.3 Å². The van der Waals surface area contributed by atoms with E-state index in [-0.39, 0.29) is 24.7 Å². The van der Waals surface area contributed by atoms with E-state index in [0.29, 0.717) is 10.7 Å². The number of nitrogens with one attached hydrogen (secondary N) is 1. The SMILES string of the molecule is Cc1ccc(Cl)c(NC(=O)CCC(=O)OC(C)(C)C)c1. The fourth-order valence-corrected chi connectivity index (χ4v) is 1.72. The summed E-state index contributed by atoms with van der Waals surface area (Å²) in [6.07, 6.45) is 0.117. The molecular formula is C15H20ClNO3. The van der Waals surface area contributed by atoms with Crippen molar-refractivity contribution in [3.05, 3.63) is 28.8 Å². The van der Waals surface area contributed by atoms with Crippen molar-refractivity contribution in [3.8, 4) is 0 Å². The highest BCUT2D eigenvalue weighted by molar-refractivity contribution is 6.33. The number of esters is 1. The number of rotatable bonds is 4. The average Bonchev–Trinajstić information content (AvgIpc) is 2.29. The van der Waals surface area contributed by atoms with Gasteiger partial charge in [-0.25, -0.2) is 0 Å². The molecule has 0 aliphatic rings. The highest BCUT2D eigenvalue weighted by atomic mass is 35.5. The van der Waals surface area contributed by atoms with Gasteiger partial charge >= 0.3 is 5.97 Å². The second-order valence-corrected chi connectivity index (χ2v) is 6.03. The van der Waals surface area contributed by atoms with Crippen LogP contribution in [0.4, 0.5) is 5.69 Å². The van der Waals surface area contributed by atoms with Crippen molar-refractivity contribution in [2.75, 3.05) is 5.32 Å². The summed E-state index contributed by atoms with van der Waals surface area (Å²) < 4.78 is 5.14. The van der Waals surface area contributed by atoms with E-state index in [2.05, 4.69) is 5.32 Å². The maximum atomic E-state index is 11.8. The molecule has 1 aromatic rings. The maximum Gasteiger partial charge on any atom is 0.306 e. The van der Waals surface area contributed by atoms with Gasteiger partial charge in [-0.15, -0.1) is 0 Å². The van der Waals surface area contributed by atoms with E-state index in [1.807, 2.05) is 13.0 Å². The third kappa shape index (κ3) is 6.06. The zero-order valence-corrected chi connectivity index (χ0v) is 13.0. The van der Waals surface area contributed by atoms with Crippen molar-refractivity contribution in [2.45, 2.75) is 46.1 Å². The Morgan fingerprint density at radius 2 is 1.90 bits per heavy atom. The Balaban J connectivity index is 2.48. The molecule has 0 aliphatic carbocycles. The fourth-order valence-electron chi connectivity index (χ4n) is 1.56. The Bertz CT molecular complexity index is 506. The summed E-state index contributed by atoms with van der Waals surface area (Å²) in [6.45, 7) is 7.28. The number of ether oxygens (including phenoxy) is 1. The molecule has 0 aromatic heterocycles. The van der Waals surface area contributed by atoms with Crippen LogP contribution in [-0.4, -0.2) is 17.5 Å². The molecule has 0 fully saturated rings. The summed E-state index contributed by atoms with van der Waals surface area (Å²) in [6, 6.07) is 5.37. The Morgan fingerprint density at radius 1 is 1.25 bits per heavy atom. The molecule has 0 saturated heterocycles. The summed E-state index contributed by atoms with van der Waals surface area (Å²) >= 11 is 5.98. The van der Waals surface area contributed by atoms with Gasteiger partial charge in [0.05, 0.1) is 17.1 Å². The van der Waals surface area contributed by atoms with Gasteiger partial charge in [0.25, 0.3) is 0 Å². The van der Waals surface area contributed by atoms with Crippen LogP contribution < -0.4 is 5.32 Å². The highest BCUT2D eigenvalue weighted by Crippen LogP contribution is 2.23. The molecule has 0 heterocycles. The van der Waals surface area contributed by atoms with Crippen LogP contribution in [0.5, 0.6) is 0 Å². The number of aryl methyl sites for hydroxylation is 1. The fraction of sp³-hybridized carbons (Fsp3) is 0.467.